The molecule has 0 radical (unpaired) electrons. The van der Waals surface area contributed by atoms with Crippen LogP contribution in [0, 0.1) is 0 Å². The highest BCUT2D eigenvalue weighted by Crippen LogP contribution is 2.16. The van der Waals surface area contributed by atoms with Gasteiger partial charge in [-0.3, -0.25) is 4.79 Å². The molecule has 1 aliphatic rings. The minimum Gasteiger partial charge on any atom is -0.376 e. The van der Waals surface area contributed by atoms with Crippen LogP contribution in [-0.4, -0.2) is 36.1 Å². The third kappa shape index (κ3) is 6.34. The number of carbonyl (C=O) groups excluding carboxylic acids is 1. The van der Waals surface area contributed by atoms with E-state index in [2.05, 4.69) is 12.1 Å². The normalized spacial score (nSPS) is 18.5. The van der Waals surface area contributed by atoms with Gasteiger partial charge in [0.25, 0.3) is 0 Å². The SMILES string of the molecule is CC(N)CCC(=O)N(Cc1ccccc1)CC1CCCO1.Cl. The molecule has 5 heteroatoms. The second-order valence-corrected chi connectivity index (χ2v) is 5.91. The molecule has 22 heavy (non-hydrogen) atoms. The Morgan fingerprint density at radius 1 is 1.41 bits per heavy atom. The molecule has 0 saturated carbocycles. The predicted octanol–water partition coefficient (Wildman–Crippen LogP) is 2.74. The molecule has 1 aromatic rings. The molecule has 1 amide bonds. The summed E-state index contributed by atoms with van der Waals surface area (Å²) in [7, 11) is 0. The third-order valence-electron chi connectivity index (χ3n) is 3.83. The Hall–Kier alpha value is -1.10. The number of hydrogen-bond acceptors (Lipinski definition) is 3. The van der Waals surface area contributed by atoms with Gasteiger partial charge in [0.1, 0.15) is 0 Å². The van der Waals surface area contributed by atoms with Gasteiger partial charge in [0.2, 0.25) is 5.91 Å². The topological polar surface area (TPSA) is 55.6 Å². The summed E-state index contributed by atoms with van der Waals surface area (Å²) in [6.45, 7) is 4.10. The summed E-state index contributed by atoms with van der Waals surface area (Å²) in [6.07, 6.45) is 3.57. The molecule has 0 bridgehead atoms. The summed E-state index contributed by atoms with van der Waals surface area (Å²) >= 11 is 0. The first-order valence-electron chi connectivity index (χ1n) is 7.84. The van der Waals surface area contributed by atoms with Gasteiger partial charge in [-0.1, -0.05) is 30.3 Å². The maximum absolute atomic E-state index is 12.5. The molecule has 2 unspecified atom stereocenters. The Kier molecular flexibility index (Phi) is 8.46. The average Bonchev–Trinajstić information content (AvgIpc) is 2.98. The number of rotatable bonds is 7. The van der Waals surface area contributed by atoms with Crippen LogP contribution in [0.1, 0.15) is 38.2 Å². The van der Waals surface area contributed by atoms with Crippen LogP contribution in [0.3, 0.4) is 0 Å². The van der Waals surface area contributed by atoms with Crippen molar-refractivity contribution in [2.75, 3.05) is 13.2 Å². The van der Waals surface area contributed by atoms with Crippen LogP contribution in [-0.2, 0) is 16.1 Å². The van der Waals surface area contributed by atoms with Crippen molar-refractivity contribution in [1.29, 1.82) is 0 Å². The summed E-state index contributed by atoms with van der Waals surface area (Å²) < 4.78 is 5.68. The van der Waals surface area contributed by atoms with Gasteiger partial charge < -0.3 is 15.4 Å². The lowest BCUT2D eigenvalue weighted by atomic mass is 10.1. The first kappa shape index (κ1) is 18.9. The molecule has 2 atom stereocenters. The zero-order valence-electron chi connectivity index (χ0n) is 13.2. The highest BCUT2D eigenvalue weighted by molar-refractivity contribution is 5.85. The quantitative estimate of drug-likeness (QED) is 0.838. The fourth-order valence-corrected chi connectivity index (χ4v) is 2.60. The molecule has 0 aliphatic carbocycles. The number of nitrogens with zero attached hydrogens (tertiary/aromatic N) is 1. The number of ether oxygens (including phenoxy) is 1. The van der Waals surface area contributed by atoms with Crippen molar-refractivity contribution >= 4 is 18.3 Å². The van der Waals surface area contributed by atoms with Crippen molar-refractivity contribution < 1.29 is 9.53 Å². The first-order chi connectivity index (χ1) is 10.1. The predicted molar refractivity (Wildman–Crippen MR) is 91.0 cm³/mol. The number of benzene rings is 1. The van der Waals surface area contributed by atoms with Gasteiger partial charge in [0.15, 0.2) is 0 Å². The standard InChI is InChI=1S/C17H26N2O2.ClH/c1-14(18)9-10-17(20)19(13-16-8-5-11-21-16)12-15-6-3-2-4-7-15;/h2-4,6-7,14,16H,5,8-13,18H2,1H3;1H. The molecule has 1 saturated heterocycles. The van der Waals surface area contributed by atoms with Crippen LogP contribution in [0.2, 0.25) is 0 Å². The van der Waals surface area contributed by atoms with E-state index in [4.69, 9.17) is 10.5 Å². The summed E-state index contributed by atoms with van der Waals surface area (Å²) in [4.78, 5) is 14.4. The Morgan fingerprint density at radius 3 is 2.73 bits per heavy atom. The van der Waals surface area contributed by atoms with Gasteiger partial charge >= 0.3 is 0 Å². The van der Waals surface area contributed by atoms with Crippen molar-refractivity contribution in [3.63, 3.8) is 0 Å². The molecule has 124 valence electrons. The monoisotopic (exact) mass is 326 g/mol. The molecule has 1 heterocycles. The smallest absolute Gasteiger partial charge is 0.223 e. The van der Waals surface area contributed by atoms with Crippen molar-refractivity contribution in [1.82, 2.24) is 4.90 Å². The highest BCUT2D eigenvalue weighted by atomic mass is 35.5. The van der Waals surface area contributed by atoms with E-state index in [0.717, 1.165) is 31.4 Å². The highest BCUT2D eigenvalue weighted by Gasteiger charge is 2.22. The van der Waals surface area contributed by atoms with Crippen molar-refractivity contribution in [2.45, 2.75) is 51.3 Å². The molecule has 4 nitrogen and oxygen atoms in total. The lowest BCUT2D eigenvalue weighted by molar-refractivity contribution is -0.133. The number of halogens is 1. The van der Waals surface area contributed by atoms with E-state index >= 15 is 0 Å². The number of carbonyl (C=O) groups is 1. The molecular formula is C17H27ClN2O2. The summed E-state index contributed by atoms with van der Waals surface area (Å²) in [6, 6.07) is 10.2. The molecule has 0 spiro atoms. The molecule has 1 aromatic carbocycles. The Morgan fingerprint density at radius 2 is 2.14 bits per heavy atom. The fraction of sp³-hybridized carbons (Fsp3) is 0.588. The van der Waals surface area contributed by atoms with Crippen LogP contribution in [0.5, 0.6) is 0 Å². The minimum atomic E-state index is 0. The second kappa shape index (κ2) is 9.82. The number of amides is 1. The van der Waals surface area contributed by atoms with E-state index in [1.54, 1.807) is 0 Å². The largest absolute Gasteiger partial charge is 0.376 e. The molecule has 0 aromatic heterocycles. The fourth-order valence-electron chi connectivity index (χ4n) is 2.60. The van der Waals surface area contributed by atoms with E-state index in [9.17, 15) is 4.79 Å². The zero-order chi connectivity index (χ0) is 15.1. The second-order valence-electron chi connectivity index (χ2n) is 5.91. The van der Waals surface area contributed by atoms with Crippen molar-refractivity contribution in [3.8, 4) is 0 Å². The van der Waals surface area contributed by atoms with Gasteiger partial charge in [-0.2, -0.15) is 0 Å². The Bertz CT molecular complexity index is 434. The van der Waals surface area contributed by atoms with Gasteiger partial charge in [-0.15, -0.1) is 12.4 Å². The van der Waals surface area contributed by atoms with E-state index < -0.39 is 0 Å². The van der Waals surface area contributed by atoms with E-state index in [-0.39, 0.29) is 30.5 Å². The molecule has 1 aliphatic heterocycles. The Balaban J connectivity index is 0.00000242. The van der Waals surface area contributed by atoms with Crippen molar-refractivity contribution in [3.05, 3.63) is 35.9 Å². The molecular weight excluding hydrogens is 300 g/mol. The minimum absolute atomic E-state index is 0. The van der Waals surface area contributed by atoms with Crippen LogP contribution in [0.4, 0.5) is 0 Å². The maximum Gasteiger partial charge on any atom is 0.223 e. The number of hydrogen-bond donors (Lipinski definition) is 1. The molecule has 1 fully saturated rings. The summed E-state index contributed by atoms with van der Waals surface area (Å²) in [5.74, 6) is 0.173. The van der Waals surface area contributed by atoms with Gasteiger partial charge in [0, 0.05) is 32.2 Å². The lowest BCUT2D eigenvalue weighted by Crippen LogP contribution is -2.37. The number of nitrogens with two attached hydrogens (primary N) is 1. The first-order valence-corrected chi connectivity index (χ1v) is 7.84. The summed E-state index contributed by atoms with van der Waals surface area (Å²) in [5.41, 5.74) is 6.92. The van der Waals surface area contributed by atoms with Crippen LogP contribution in [0.25, 0.3) is 0 Å². The third-order valence-corrected chi connectivity index (χ3v) is 3.83. The van der Waals surface area contributed by atoms with Gasteiger partial charge in [-0.25, -0.2) is 0 Å². The average molecular weight is 327 g/mol. The van der Waals surface area contributed by atoms with Crippen LogP contribution < -0.4 is 5.73 Å². The maximum atomic E-state index is 12.5. The van der Waals surface area contributed by atoms with Crippen LogP contribution >= 0.6 is 12.4 Å². The molecule has 2 N–H and O–H groups in total. The lowest BCUT2D eigenvalue weighted by Gasteiger charge is -2.26. The molecule has 2 rings (SSSR count). The zero-order valence-corrected chi connectivity index (χ0v) is 14.1. The Labute approximate surface area is 139 Å². The summed E-state index contributed by atoms with van der Waals surface area (Å²) in [5, 5.41) is 0. The van der Waals surface area contributed by atoms with E-state index in [1.165, 1.54) is 0 Å². The van der Waals surface area contributed by atoms with E-state index in [1.807, 2.05) is 30.0 Å². The van der Waals surface area contributed by atoms with E-state index in [0.29, 0.717) is 19.5 Å². The van der Waals surface area contributed by atoms with Crippen LogP contribution in [0.15, 0.2) is 30.3 Å². The van der Waals surface area contributed by atoms with Gasteiger partial charge in [-0.05, 0) is 31.7 Å². The van der Waals surface area contributed by atoms with Crippen molar-refractivity contribution in [2.24, 2.45) is 5.73 Å². The van der Waals surface area contributed by atoms with Gasteiger partial charge in [0.05, 0.1) is 6.10 Å².